The topological polar surface area (TPSA) is 57.6 Å². The maximum atomic E-state index is 12.6. The van der Waals surface area contributed by atoms with Gasteiger partial charge in [0.25, 0.3) is 0 Å². The molecule has 0 saturated carbocycles. The highest BCUT2D eigenvalue weighted by atomic mass is 16.3. The van der Waals surface area contributed by atoms with Gasteiger partial charge in [0.2, 0.25) is 11.8 Å². The molecule has 1 fully saturated rings. The van der Waals surface area contributed by atoms with Crippen LogP contribution in [0.25, 0.3) is 0 Å². The number of aliphatic hydroxyl groups is 1. The predicted molar refractivity (Wildman–Crippen MR) is 70.3 cm³/mol. The second-order valence-electron chi connectivity index (χ2n) is 5.28. The summed E-state index contributed by atoms with van der Waals surface area (Å²) < 4.78 is 0. The molecule has 4 heteroatoms. The molecule has 1 saturated heterocycles. The van der Waals surface area contributed by atoms with E-state index in [9.17, 15) is 14.7 Å². The molecule has 2 amide bonds. The zero-order chi connectivity index (χ0) is 13.6. The third kappa shape index (κ3) is 1.56. The lowest BCUT2D eigenvalue weighted by Gasteiger charge is -2.30. The Labute approximate surface area is 111 Å². The van der Waals surface area contributed by atoms with E-state index in [2.05, 4.69) is 0 Å². The number of rotatable bonds is 1. The van der Waals surface area contributed by atoms with Gasteiger partial charge in [-0.2, -0.15) is 0 Å². The van der Waals surface area contributed by atoms with Gasteiger partial charge in [0.05, 0.1) is 23.1 Å². The van der Waals surface area contributed by atoms with Crippen LogP contribution >= 0.6 is 0 Å². The highest BCUT2D eigenvalue weighted by molar-refractivity contribution is 6.24. The molecule has 0 aromatic heterocycles. The molecule has 98 valence electrons. The van der Waals surface area contributed by atoms with Crippen molar-refractivity contribution in [1.82, 2.24) is 0 Å². The number of benzene rings is 1. The molecule has 3 rings (SSSR count). The van der Waals surface area contributed by atoms with Crippen LogP contribution in [0.5, 0.6) is 0 Å². The number of carbonyl (C=O) groups is 2. The van der Waals surface area contributed by atoms with E-state index < -0.39 is 17.4 Å². The van der Waals surface area contributed by atoms with E-state index in [0.29, 0.717) is 12.1 Å². The number of carbonyl (C=O) groups excluding carboxylic acids is 2. The fourth-order valence-electron chi connectivity index (χ4n) is 3.02. The lowest BCUT2D eigenvalue weighted by molar-refractivity contribution is -0.127. The largest absolute Gasteiger partial charge is 0.392 e. The van der Waals surface area contributed by atoms with Crippen LogP contribution in [0.15, 0.2) is 42.5 Å². The number of fused-ring (bicyclic) bond motifs is 1. The summed E-state index contributed by atoms with van der Waals surface area (Å²) in [6, 6.07) is 8.86. The number of nitrogens with zero attached hydrogens (tertiary/aromatic N) is 1. The Morgan fingerprint density at radius 1 is 1.26 bits per heavy atom. The van der Waals surface area contributed by atoms with Crippen LogP contribution < -0.4 is 4.90 Å². The van der Waals surface area contributed by atoms with E-state index in [4.69, 9.17) is 0 Å². The Balaban J connectivity index is 2.09. The van der Waals surface area contributed by atoms with Crippen LogP contribution in [-0.2, 0) is 9.59 Å². The van der Waals surface area contributed by atoms with Crippen LogP contribution in [0.2, 0.25) is 0 Å². The zero-order valence-corrected chi connectivity index (χ0v) is 10.6. The Kier molecular flexibility index (Phi) is 2.57. The first-order chi connectivity index (χ1) is 9.05. The molecule has 0 unspecified atom stereocenters. The quantitative estimate of drug-likeness (QED) is 0.612. The molecule has 1 aromatic carbocycles. The highest BCUT2D eigenvalue weighted by Crippen LogP contribution is 2.46. The molecule has 1 heterocycles. The van der Waals surface area contributed by atoms with Crippen LogP contribution in [0, 0.1) is 11.3 Å². The Morgan fingerprint density at radius 2 is 1.95 bits per heavy atom. The van der Waals surface area contributed by atoms with Crippen LogP contribution in [-0.4, -0.2) is 23.0 Å². The van der Waals surface area contributed by atoms with Gasteiger partial charge in [-0.1, -0.05) is 30.4 Å². The molecule has 0 radical (unpaired) electrons. The van der Waals surface area contributed by atoms with Gasteiger partial charge in [0, 0.05) is 0 Å². The molecular formula is C15H15NO3. The van der Waals surface area contributed by atoms with Gasteiger partial charge in [-0.25, -0.2) is 4.90 Å². The zero-order valence-electron chi connectivity index (χ0n) is 10.6. The van der Waals surface area contributed by atoms with Gasteiger partial charge < -0.3 is 5.11 Å². The van der Waals surface area contributed by atoms with Gasteiger partial charge in [0.1, 0.15) is 0 Å². The van der Waals surface area contributed by atoms with Gasteiger partial charge >= 0.3 is 0 Å². The maximum Gasteiger partial charge on any atom is 0.244 e. The van der Waals surface area contributed by atoms with Gasteiger partial charge in [-0.05, 0) is 25.5 Å². The standard InChI is InChI=1S/C15H15NO3/c1-15-9-5-8-11(17)12(15)13(18)16(14(15)19)10-6-3-2-4-7-10/h2-7,9,11-12,17H,8H2,1H3/t11-,12+,15+/m1/s1. The van der Waals surface area contributed by atoms with E-state index >= 15 is 0 Å². The number of amides is 2. The first-order valence-electron chi connectivity index (χ1n) is 6.35. The lowest BCUT2D eigenvalue weighted by Crippen LogP contribution is -2.39. The van der Waals surface area contributed by atoms with Crippen LogP contribution in [0.4, 0.5) is 5.69 Å². The van der Waals surface area contributed by atoms with Crippen molar-refractivity contribution < 1.29 is 14.7 Å². The number of imide groups is 1. The molecule has 1 aromatic rings. The van der Waals surface area contributed by atoms with Gasteiger partial charge in [-0.15, -0.1) is 0 Å². The third-order valence-corrected chi connectivity index (χ3v) is 4.04. The number of hydrogen-bond acceptors (Lipinski definition) is 3. The molecule has 1 aliphatic carbocycles. The predicted octanol–water partition coefficient (Wildman–Crippen LogP) is 1.50. The fourth-order valence-corrected chi connectivity index (χ4v) is 3.02. The molecule has 4 nitrogen and oxygen atoms in total. The van der Waals surface area contributed by atoms with Crippen molar-refractivity contribution in [2.75, 3.05) is 4.90 Å². The molecule has 0 bridgehead atoms. The van der Waals surface area contributed by atoms with E-state index in [1.54, 1.807) is 43.3 Å². The molecule has 19 heavy (non-hydrogen) atoms. The van der Waals surface area contributed by atoms with Gasteiger partial charge in [0.15, 0.2) is 0 Å². The lowest BCUT2D eigenvalue weighted by atomic mass is 9.72. The minimum absolute atomic E-state index is 0.260. The normalized spacial score (nSPS) is 33.7. The van der Waals surface area contributed by atoms with Crippen molar-refractivity contribution in [2.24, 2.45) is 11.3 Å². The number of anilines is 1. The van der Waals surface area contributed by atoms with Crippen LogP contribution in [0.1, 0.15) is 13.3 Å². The van der Waals surface area contributed by atoms with Crippen molar-refractivity contribution in [3.63, 3.8) is 0 Å². The summed E-state index contributed by atoms with van der Waals surface area (Å²) in [5.41, 5.74) is -0.362. The van der Waals surface area contributed by atoms with E-state index in [0.717, 1.165) is 0 Å². The first-order valence-corrected chi connectivity index (χ1v) is 6.35. The second kappa shape index (κ2) is 4.03. The average molecular weight is 257 g/mol. The number of aliphatic hydroxyl groups excluding tert-OH is 1. The Hall–Kier alpha value is -1.94. The summed E-state index contributed by atoms with van der Waals surface area (Å²) in [5.74, 6) is -1.25. The molecule has 0 spiro atoms. The van der Waals surface area contributed by atoms with Crippen LogP contribution in [0.3, 0.4) is 0 Å². The molecule has 2 aliphatic rings. The van der Waals surface area contributed by atoms with E-state index in [1.807, 2.05) is 6.07 Å². The number of hydrogen-bond donors (Lipinski definition) is 1. The maximum absolute atomic E-state index is 12.6. The average Bonchev–Trinajstić information content (AvgIpc) is 2.59. The van der Waals surface area contributed by atoms with Crippen molar-refractivity contribution in [3.8, 4) is 0 Å². The van der Waals surface area contributed by atoms with Crippen molar-refractivity contribution >= 4 is 17.5 Å². The van der Waals surface area contributed by atoms with E-state index in [-0.39, 0.29) is 11.8 Å². The summed E-state index contributed by atoms with van der Waals surface area (Å²) in [6.45, 7) is 1.72. The monoisotopic (exact) mass is 257 g/mol. The summed E-state index contributed by atoms with van der Waals surface area (Å²) in [7, 11) is 0. The number of para-hydroxylation sites is 1. The molecule has 1 aliphatic heterocycles. The second-order valence-corrected chi connectivity index (χ2v) is 5.28. The summed E-state index contributed by atoms with van der Waals surface area (Å²) in [6.07, 6.45) is 3.16. The SMILES string of the molecule is C[C@]12C=CC[C@@H](O)[C@H]1C(=O)N(c1ccccc1)C2=O. The Morgan fingerprint density at radius 3 is 2.58 bits per heavy atom. The minimum atomic E-state index is -0.926. The van der Waals surface area contributed by atoms with Crippen molar-refractivity contribution in [2.45, 2.75) is 19.4 Å². The first kappa shape index (κ1) is 12.1. The van der Waals surface area contributed by atoms with Crippen molar-refractivity contribution in [3.05, 3.63) is 42.5 Å². The van der Waals surface area contributed by atoms with Crippen molar-refractivity contribution in [1.29, 1.82) is 0 Å². The molecular weight excluding hydrogens is 242 g/mol. The van der Waals surface area contributed by atoms with E-state index in [1.165, 1.54) is 4.90 Å². The fraction of sp³-hybridized carbons (Fsp3) is 0.333. The van der Waals surface area contributed by atoms with Gasteiger partial charge in [-0.3, -0.25) is 9.59 Å². The summed E-state index contributed by atoms with van der Waals surface area (Å²) >= 11 is 0. The highest BCUT2D eigenvalue weighted by Gasteiger charge is 2.59. The Bertz CT molecular complexity index is 566. The third-order valence-electron chi connectivity index (χ3n) is 4.04. The smallest absolute Gasteiger partial charge is 0.244 e. The minimum Gasteiger partial charge on any atom is -0.392 e. The summed E-state index contributed by atoms with van der Waals surface area (Å²) in [4.78, 5) is 26.2. The molecule has 1 N–H and O–H groups in total. The molecule has 3 atom stereocenters. The summed E-state index contributed by atoms with van der Waals surface area (Å²) in [5, 5.41) is 10.0.